The van der Waals surface area contributed by atoms with Crippen molar-refractivity contribution in [2.75, 3.05) is 19.8 Å². The highest BCUT2D eigenvalue weighted by molar-refractivity contribution is 5.88. The van der Waals surface area contributed by atoms with Gasteiger partial charge in [-0.25, -0.2) is 4.39 Å². The lowest BCUT2D eigenvalue weighted by Gasteiger charge is -2.29. The number of hydrogen-bond donors (Lipinski definition) is 2. The summed E-state index contributed by atoms with van der Waals surface area (Å²) < 4.78 is 18.6. The number of amides is 1. The molecule has 134 valence electrons. The molecular weight excluding hydrogens is 309 g/mol. The normalized spacial score (nSPS) is 17.9. The molecule has 5 heteroatoms. The van der Waals surface area contributed by atoms with Gasteiger partial charge < -0.3 is 15.2 Å². The summed E-state index contributed by atoms with van der Waals surface area (Å²) in [6.07, 6.45) is 2.74. The number of halogens is 1. The predicted molar refractivity (Wildman–Crippen MR) is 91.2 cm³/mol. The summed E-state index contributed by atoms with van der Waals surface area (Å²) in [6, 6.07) is 6.19. The number of ether oxygens (including phenoxy) is 1. The van der Waals surface area contributed by atoms with Gasteiger partial charge in [0.1, 0.15) is 5.82 Å². The standard InChI is InChI=1S/C19H28FNO3/c1-14(2)12-24-13-17(22)11-21-18(23)19(9-3-4-10-19)15-5-7-16(20)8-6-15/h5-8,14,17,22H,3-4,9-13H2,1-2H3,(H,21,23). The Hall–Kier alpha value is -1.46. The summed E-state index contributed by atoms with van der Waals surface area (Å²) in [5.41, 5.74) is 0.246. The van der Waals surface area contributed by atoms with Crippen molar-refractivity contribution in [2.45, 2.75) is 51.0 Å². The molecule has 2 N–H and O–H groups in total. The van der Waals surface area contributed by atoms with Crippen LogP contribution in [0, 0.1) is 11.7 Å². The highest BCUT2D eigenvalue weighted by Crippen LogP contribution is 2.41. The van der Waals surface area contributed by atoms with E-state index in [0.29, 0.717) is 12.5 Å². The Bertz CT molecular complexity index is 524. The fourth-order valence-electron chi connectivity index (χ4n) is 3.27. The molecule has 1 fully saturated rings. The zero-order valence-corrected chi connectivity index (χ0v) is 14.6. The van der Waals surface area contributed by atoms with E-state index < -0.39 is 11.5 Å². The second-order valence-corrected chi connectivity index (χ2v) is 7.09. The van der Waals surface area contributed by atoms with Crippen LogP contribution in [0.5, 0.6) is 0 Å². The van der Waals surface area contributed by atoms with Crippen molar-refractivity contribution < 1.29 is 19.0 Å². The molecule has 1 aromatic carbocycles. The van der Waals surface area contributed by atoms with Crippen molar-refractivity contribution in [3.8, 4) is 0 Å². The van der Waals surface area contributed by atoms with Gasteiger partial charge in [0, 0.05) is 13.2 Å². The first kappa shape index (κ1) is 18.9. The van der Waals surface area contributed by atoms with Gasteiger partial charge in [-0.1, -0.05) is 38.8 Å². The molecule has 1 amide bonds. The van der Waals surface area contributed by atoms with Crippen molar-refractivity contribution in [1.82, 2.24) is 5.32 Å². The van der Waals surface area contributed by atoms with Crippen LogP contribution in [-0.4, -0.2) is 36.9 Å². The second-order valence-electron chi connectivity index (χ2n) is 7.09. The average Bonchev–Trinajstić information content (AvgIpc) is 3.04. The maximum Gasteiger partial charge on any atom is 0.230 e. The van der Waals surface area contributed by atoms with Crippen molar-refractivity contribution in [1.29, 1.82) is 0 Å². The minimum absolute atomic E-state index is 0.0884. The van der Waals surface area contributed by atoms with Gasteiger partial charge >= 0.3 is 0 Å². The molecule has 0 aromatic heterocycles. The third kappa shape index (κ3) is 4.77. The lowest BCUT2D eigenvalue weighted by molar-refractivity contribution is -0.127. The molecule has 1 aliphatic rings. The van der Waals surface area contributed by atoms with Gasteiger partial charge in [-0.15, -0.1) is 0 Å². The van der Waals surface area contributed by atoms with Crippen LogP contribution in [0.3, 0.4) is 0 Å². The fraction of sp³-hybridized carbons (Fsp3) is 0.632. The van der Waals surface area contributed by atoms with Gasteiger partial charge in [0.2, 0.25) is 5.91 Å². The number of rotatable bonds is 8. The Morgan fingerprint density at radius 3 is 2.46 bits per heavy atom. The Morgan fingerprint density at radius 1 is 1.25 bits per heavy atom. The topological polar surface area (TPSA) is 58.6 Å². The Morgan fingerprint density at radius 2 is 1.88 bits per heavy atom. The minimum Gasteiger partial charge on any atom is -0.389 e. The molecule has 1 saturated carbocycles. The number of carbonyl (C=O) groups excluding carboxylic acids is 1. The highest BCUT2D eigenvalue weighted by atomic mass is 19.1. The molecule has 0 spiro atoms. The summed E-state index contributed by atoms with van der Waals surface area (Å²) in [4.78, 5) is 12.8. The maximum absolute atomic E-state index is 13.2. The van der Waals surface area contributed by atoms with E-state index in [4.69, 9.17) is 4.74 Å². The molecular formula is C19H28FNO3. The van der Waals surface area contributed by atoms with Gasteiger partial charge in [0.05, 0.1) is 18.1 Å². The molecule has 1 atom stereocenters. The summed E-state index contributed by atoms with van der Waals surface area (Å²) in [7, 11) is 0. The molecule has 2 rings (SSSR count). The van der Waals surface area contributed by atoms with Crippen molar-refractivity contribution in [3.05, 3.63) is 35.6 Å². The second kappa shape index (κ2) is 8.58. The van der Waals surface area contributed by atoms with Crippen LogP contribution in [0.4, 0.5) is 4.39 Å². The molecule has 0 heterocycles. The first-order chi connectivity index (χ1) is 11.4. The van der Waals surface area contributed by atoms with E-state index in [1.807, 2.05) is 13.8 Å². The fourth-order valence-corrected chi connectivity index (χ4v) is 3.27. The van der Waals surface area contributed by atoms with E-state index in [-0.39, 0.29) is 24.9 Å². The molecule has 24 heavy (non-hydrogen) atoms. The summed E-state index contributed by atoms with van der Waals surface area (Å²) in [5, 5.41) is 12.8. The van der Waals surface area contributed by atoms with Gasteiger partial charge in [-0.2, -0.15) is 0 Å². The summed E-state index contributed by atoms with van der Waals surface area (Å²) >= 11 is 0. The van der Waals surface area contributed by atoms with Crippen LogP contribution in [-0.2, 0) is 14.9 Å². The molecule has 4 nitrogen and oxygen atoms in total. The van der Waals surface area contributed by atoms with Crippen molar-refractivity contribution in [3.63, 3.8) is 0 Å². The van der Waals surface area contributed by atoms with Gasteiger partial charge in [0.15, 0.2) is 0 Å². The third-order valence-electron chi connectivity index (χ3n) is 4.55. The lowest BCUT2D eigenvalue weighted by atomic mass is 9.78. The first-order valence-corrected chi connectivity index (χ1v) is 8.74. The Balaban J connectivity index is 1.94. The largest absolute Gasteiger partial charge is 0.389 e. The van der Waals surface area contributed by atoms with Crippen LogP contribution < -0.4 is 5.32 Å². The first-order valence-electron chi connectivity index (χ1n) is 8.74. The maximum atomic E-state index is 13.2. The molecule has 0 radical (unpaired) electrons. The predicted octanol–water partition coefficient (Wildman–Crippen LogP) is 2.79. The molecule has 1 aromatic rings. The quantitative estimate of drug-likeness (QED) is 0.767. The van der Waals surface area contributed by atoms with Crippen molar-refractivity contribution >= 4 is 5.91 Å². The minimum atomic E-state index is -0.723. The zero-order valence-electron chi connectivity index (χ0n) is 14.6. The summed E-state index contributed by atoms with van der Waals surface area (Å²) in [5.74, 6) is 0.0200. The Labute approximate surface area is 143 Å². The highest BCUT2D eigenvalue weighted by Gasteiger charge is 2.42. The van der Waals surface area contributed by atoms with Gasteiger partial charge in [0.25, 0.3) is 0 Å². The number of aliphatic hydroxyl groups excluding tert-OH is 1. The SMILES string of the molecule is CC(C)COCC(O)CNC(=O)C1(c2ccc(F)cc2)CCCC1. The Kier molecular flexibility index (Phi) is 6.75. The van der Waals surface area contributed by atoms with Crippen LogP contribution in [0.1, 0.15) is 45.1 Å². The van der Waals surface area contributed by atoms with Crippen molar-refractivity contribution in [2.24, 2.45) is 5.92 Å². The van der Waals surface area contributed by atoms with E-state index in [1.165, 1.54) is 12.1 Å². The van der Waals surface area contributed by atoms with Crippen LogP contribution in [0.2, 0.25) is 0 Å². The average molecular weight is 337 g/mol. The molecule has 0 aliphatic heterocycles. The lowest BCUT2D eigenvalue weighted by Crippen LogP contribution is -2.45. The van der Waals surface area contributed by atoms with E-state index >= 15 is 0 Å². The number of benzene rings is 1. The van der Waals surface area contributed by atoms with Gasteiger partial charge in [-0.05, 0) is 36.5 Å². The summed E-state index contributed by atoms with van der Waals surface area (Å²) in [6.45, 7) is 5.05. The molecule has 1 unspecified atom stereocenters. The number of hydrogen-bond acceptors (Lipinski definition) is 3. The molecule has 0 bridgehead atoms. The number of nitrogens with one attached hydrogen (secondary N) is 1. The van der Waals surface area contributed by atoms with Gasteiger partial charge in [-0.3, -0.25) is 4.79 Å². The van der Waals surface area contributed by atoms with E-state index in [0.717, 1.165) is 31.2 Å². The van der Waals surface area contributed by atoms with Crippen LogP contribution in [0.25, 0.3) is 0 Å². The van der Waals surface area contributed by atoms with Crippen LogP contribution >= 0.6 is 0 Å². The van der Waals surface area contributed by atoms with Crippen LogP contribution in [0.15, 0.2) is 24.3 Å². The number of aliphatic hydroxyl groups is 1. The van der Waals surface area contributed by atoms with E-state index in [2.05, 4.69) is 5.32 Å². The van der Waals surface area contributed by atoms with E-state index in [1.54, 1.807) is 12.1 Å². The molecule has 0 saturated heterocycles. The smallest absolute Gasteiger partial charge is 0.230 e. The third-order valence-corrected chi connectivity index (χ3v) is 4.55. The molecule has 1 aliphatic carbocycles. The van der Waals surface area contributed by atoms with E-state index in [9.17, 15) is 14.3 Å². The monoisotopic (exact) mass is 337 g/mol. The number of carbonyl (C=O) groups is 1. The zero-order chi connectivity index (χ0) is 17.6.